The molecule has 4 aliphatic rings. The summed E-state index contributed by atoms with van der Waals surface area (Å²) in [6, 6.07) is 8.51. The lowest BCUT2D eigenvalue weighted by Gasteiger charge is -2.50. The van der Waals surface area contributed by atoms with E-state index in [1.165, 1.54) is 4.90 Å². The molecule has 1 saturated carbocycles. The van der Waals surface area contributed by atoms with Gasteiger partial charge in [0.25, 0.3) is 11.7 Å². The molecule has 1 amide bonds. The highest BCUT2D eigenvalue weighted by atomic mass is 16.6. The molecule has 1 aromatic carbocycles. The normalized spacial score (nSPS) is 37.7. The van der Waals surface area contributed by atoms with E-state index < -0.39 is 83.8 Å². The number of Topliss-reactive ketones (excluding diaryl/α,β-unsaturated/α-hetero) is 2. The van der Waals surface area contributed by atoms with Crippen molar-refractivity contribution in [2.45, 2.75) is 166 Å². The molecule has 0 radical (unpaired) electrons. The van der Waals surface area contributed by atoms with Crippen molar-refractivity contribution in [3.63, 3.8) is 0 Å². The highest BCUT2D eigenvalue weighted by Gasteiger charge is 2.57. The molecule has 0 aromatic heterocycles. The summed E-state index contributed by atoms with van der Waals surface area (Å²) in [5.74, 6) is -4.25. The Morgan fingerprint density at radius 1 is 0.906 bits per heavy atom. The minimum Gasteiger partial charge on any atom is -0.456 e. The number of esters is 1. The third kappa shape index (κ3) is 12.5. The van der Waals surface area contributed by atoms with E-state index in [9.17, 15) is 24.6 Å². The fourth-order valence-electron chi connectivity index (χ4n) is 10.6. The van der Waals surface area contributed by atoms with Gasteiger partial charge in [0.15, 0.2) is 5.72 Å². The van der Waals surface area contributed by atoms with Crippen LogP contribution in [0, 0.1) is 29.6 Å². The second-order valence-electron chi connectivity index (χ2n) is 19.2. The number of nitrogens with zero attached hydrogens (tertiary/aromatic N) is 1. The molecule has 2 saturated heterocycles. The number of carbonyl (C=O) groups excluding carboxylic acids is 4. The summed E-state index contributed by atoms with van der Waals surface area (Å²) in [5, 5.41) is 25.8. The molecule has 64 heavy (non-hydrogen) atoms. The Hall–Kier alpha value is -3.56. The number of benzene rings is 1. The molecule has 13 heteroatoms. The van der Waals surface area contributed by atoms with E-state index in [0.717, 1.165) is 11.1 Å². The average molecular weight is 893 g/mol. The zero-order chi connectivity index (χ0) is 46.7. The number of aliphatic hydroxyl groups is 2. The molecule has 13 nitrogen and oxygen atoms in total. The zero-order valence-electron chi connectivity index (χ0n) is 39.5. The number of aliphatic hydroxyl groups excluding tert-OH is 2. The predicted octanol–water partition coefficient (Wildman–Crippen LogP) is 6.44. The van der Waals surface area contributed by atoms with Crippen molar-refractivity contribution in [3.05, 3.63) is 71.8 Å². The molecule has 0 unspecified atom stereocenters. The first kappa shape index (κ1) is 51.4. The Morgan fingerprint density at radius 3 is 2.27 bits per heavy atom. The van der Waals surface area contributed by atoms with Crippen molar-refractivity contribution in [1.82, 2.24) is 10.2 Å². The number of cyclic esters (lactones) is 1. The average Bonchev–Trinajstić information content (AvgIpc) is 3.29. The zero-order valence-corrected chi connectivity index (χ0v) is 39.5. The molecule has 1 aromatic rings. The van der Waals surface area contributed by atoms with Crippen LogP contribution in [-0.4, -0.2) is 121 Å². The van der Waals surface area contributed by atoms with Crippen LogP contribution in [0.5, 0.6) is 0 Å². The van der Waals surface area contributed by atoms with E-state index in [1.54, 1.807) is 34.3 Å². The lowest BCUT2D eigenvalue weighted by molar-refractivity contribution is -0.244. The van der Waals surface area contributed by atoms with E-state index in [0.29, 0.717) is 63.4 Å². The van der Waals surface area contributed by atoms with E-state index in [2.05, 4.69) is 18.8 Å². The van der Waals surface area contributed by atoms with Gasteiger partial charge < -0.3 is 38.8 Å². The molecule has 3 heterocycles. The number of ether oxygens (including phenoxy) is 5. The van der Waals surface area contributed by atoms with Crippen LogP contribution < -0.4 is 5.32 Å². The monoisotopic (exact) mass is 893 g/mol. The summed E-state index contributed by atoms with van der Waals surface area (Å²) in [5.41, 5.74) is 0.755. The third-order valence-electron chi connectivity index (χ3n) is 14.3. The Bertz CT molecular complexity index is 1800. The third-order valence-corrected chi connectivity index (χ3v) is 14.3. The first-order valence-electron chi connectivity index (χ1n) is 23.5. The summed E-state index contributed by atoms with van der Waals surface area (Å²) < 4.78 is 31.2. The molecule has 3 N–H and O–H groups in total. The van der Waals surface area contributed by atoms with Crippen LogP contribution in [0.3, 0.4) is 0 Å². The smallest absolute Gasteiger partial charge is 0.329 e. The van der Waals surface area contributed by atoms with Crippen molar-refractivity contribution in [3.8, 4) is 0 Å². The number of carbonyl (C=O) groups is 4. The van der Waals surface area contributed by atoms with Crippen molar-refractivity contribution < 1.29 is 53.1 Å². The number of amides is 1. The number of allylic oxidation sites excluding steroid dienone is 4. The standard InChI is InChI=1S/C51H76N2O11/c1-10-16-38-24-31(2)23-32(3)25-44(61-8)47-45(62-9)27-34(5)51(64-47,52-30-36-17-12-11-13-18-36)48(57)49(58)53-22-15-14-19-39(53)50(59)63-46(35(6)41(55)29-42(38)56)33(4)26-37-20-21-40(54)43(28-37)60-7/h10-13,17-18,24,26,32,34-35,37-41,43-47,52,54-55H,1,14-16,19-23,25,27-30H2,2-9H3/b31-24+,33-26+/t32-,34+,35+,37-,38+,39-,40+,41-,43+,44-,45-,46+,47+,51+/m0/s1. The number of rotatable bonds is 10. The maximum Gasteiger partial charge on any atom is 0.329 e. The number of piperidine rings is 1. The van der Waals surface area contributed by atoms with E-state index >= 15 is 4.79 Å². The number of hydrogen-bond donors (Lipinski definition) is 3. The number of nitrogens with one attached hydrogen (secondary N) is 1. The molecular weight excluding hydrogens is 817 g/mol. The minimum absolute atomic E-state index is 0.00248. The van der Waals surface area contributed by atoms with Crippen molar-refractivity contribution in [1.29, 1.82) is 0 Å². The first-order valence-corrected chi connectivity index (χ1v) is 23.5. The summed E-state index contributed by atoms with van der Waals surface area (Å²) in [6.07, 6.45) is 5.85. The maximum atomic E-state index is 15.2. The van der Waals surface area contributed by atoms with Gasteiger partial charge in [0.2, 0.25) is 0 Å². The van der Waals surface area contributed by atoms with Crippen molar-refractivity contribution in [2.75, 3.05) is 27.9 Å². The molecular formula is C51H76N2O11. The van der Waals surface area contributed by atoms with Gasteiger partial charge in [0.05, 0.1) is 30.5 Å². The van der Waals surface area contributed by atoms with Crippen LogP contribution in [0.1, 0.15) is 111 Å². The van der Waals surface area contributed by atoms with Crippen LogP contribution in [0.2, 0.25) is 0 Å². The molecule has 3 aliphatic heterocycles. The summed E-state index contributed by atoms with van der Waals surface area (Å²) in [7, 11) is 4.79. The van der Waals surface area contributed by atoms with Gasteiger partial charge in [-0.15, -0.1) is 6.58 Å². The number of ketones is 2. The topological polar surface area (TPSA) is 170 Å². The van der Waals surface area contributed by atoms with Gasteiger partial charge in [-0.1, -0.05) is 74.9 Å². The molecule has 2 bridgehead atoms. The van der Waals surface area contributed by atoms with E-state index in [-0.39, 0.29) is 49.7 Å². The van der Waals surface area contributed by atoms with Crippen LogP contribution in [0.15, 0.2) is 66.3 Å². The Labute approximate surface area is 381 Å². The van der Waals surface area contributed by atoms with E-state index in [4.69, 9.17) is 23.7 Å². The molecule has 356 valence electrons. The maximum absolute atomic E-state index is 15.2. The van der Waals surface area contributed by atoms with Gasteiger partial charge in [-0.25, -0.2) is 4.79 Å². The molecule has 5 rings (SSSR count). The van der Waals surface area contributed by atoms with Gasteiger partial charge in [-0.2, -0.15) is 0 Å². The predicted molar refractivity (Wildman–Crippen MR) is 244 cm³/mol. The number of fused-ring (bicyclic) bond motifs is 3. The van der Waals surface area contributed by atoms with Gasteiger partial charge >= 0.3 is 5.97 Å². The van der Waals surface area contributed by atoms with Gasteiger partial charge in [0, 0.05) is 58.6 Å². The summed E-state index contributed by atoms with van der Waals surface area (Å²) in [4.78, 5) is 60.2. The van der Waals surface area contributed by atoms with Crippen molar-refractivity contribution >= 4 is 23.4 Å². The van der Waals surface area contributed by atoms with Crippen LogP contribution in [0.25, 0.3) is 0 Å². The van der Waals surface area contributed by atoms with Crippen molar-refractivity contribution in [2.24, 2.45) is 29.6 Å². The van der Waals surface area contributed by atoms with Gasteiger partial charge in [0.1, 0.15) is 24.0 Å². The second-order valence-corrected chi connectivity index (χ2v) is 19.2. The fraction of sp³-hybridized carbons (Fsp3) is 0.686. The Kier molecular flexibility index (Phi) is 19.1. The highest BCUT2D eigenvalue weighted by Crippen LogP contribution is 2.40. The van der Waals surface area contributed by atoms with Crippen LogP contribution in [0.4, 0.5) is 0 Å². The Balaban J connectivity index is 1.60. The Morgan fingerprint density at radius 2 is 1.59 bits per heavy atom. The highest BCUT2D eigenvalue weighted by molar-refractivity contribution is 6.39. The quantitative estimate of drug-likeness (QED) is 0.134. The summed E-state index contributed by atoms with van der Waals surface area (Å²) in [6.45, 7) is 13.9. The lowest BCUT2D eigenvalue weighted by atomic mass is 9.80. The summed E-state index contributed by atoms with van der Waals surface area (Å²) >= 11 is 0. The molecule has 0 spiro atoms. The molecule has 14 atom stereocenters. The molecule has 1 aliphatic carbocycles. The number of hydrogen-bond acceptors (Lipinski definition) is 12. The van der Waals surface area contributed by atoms with Crippen LogP contribution in [-0.2, 0) is 49.4 Å². The second kappa shape index (κ2) is 23.8. The van der Waals surface area contributed by atoms with E-state index in [1.807, 2.05) is 63.3 Å². The number of methoxy groups -OCH3 is 3. The van der Waals surface area contributed by atoms with Gasteiger partial charge in [-0.3, -0.25) is 19.7 Å². The SMILES string of the molecule is C=CC[C@@H]1/C=C(\C)C[C@H](C)C[C@H](OC)[C@H]2O[C@@](NCc3ccccc3)(C(=O)C(=O)N3CCCC[C@H]3C(=O)O[C@H](/C(C)=C/[C@@H]3CC[C@@H](O)[C@H](OC)C3)[C@H](C)[C@@H](O)CC1=O)[C@H](C)C[C@@H]2OC. The lowest BCUT2D eigenvalue weighted by Crippen LogP contribution is -2.70. The molecule has 3 fully saturated rings. The van der Waals surface area contributed by atoms with Crippen LogP contribution >= 0.6 is 0 Å². The largest absolute Gasteiger partial charge is 0.456 e. The van der Waals surface area contributed by atoms with Gasteiger partial charge in [-0.05, 0) is 101 Å². The first-order chi connectivity index (χ1) is 30.6. The minimum atomic E-state index is -1.81. The fourth-order valence-corrected chi connectivity index (χ4v) is 10.6.